The Balaban J connectivity index is 1.70. The number of hydrogen-bond acceptors (Lipinski definition) is 3. The number of piperidine rings is 1. The van der Waals surface area contributed by atoms with E-state index in [2.05, 4.69) is 18.4 Å². The van der Waals surface area contributed by atoms with E-state index in [0.717, 1.165) is 30.8 Å². The minimum absolute atomic E-state index is 0.189. The standard InChI is InChI=1S/C14H16ClNOS2/c1-9(15)10-2-5-16(6-3-10)14(17)13-8-12-11(19-13)4-7-18-12/h4,7-10H,2-3,5-6H2,1H3. The van der Waals surface area contributed by atoms with Gasteiger partial charge in [-0.25, -0.2) is 0 Å². The Morgan fingerprint density at radius 1 is 1.42 bits per heavy atom. The lowest BCUT2D eigenvalue weighted by atomic mass is 9.94. The smallest absolute Gasteiger partial charge is 0.263 e. The number of likely N-dealkylation sites (tertiary alicyclic amines) is 1. The second kappa shape index (κ2) is 5.43. The molecule has 5 heteroatoms. The highest BCUT2D eigenvalue weighted by atomic mass is 35.5. The highest BCUT2D eigenvalue weighted by molar-refractivity contribution is 7.27. The Bertz CT molecular complexity index is 553. The maximum atomic E-state index is 12.5. The molecule has 0 aliphatic carbocycles. The van der Waals surface area contributed by atoms with Crippen molar-refractivity contribution in [1.29, 1.82) is 0 Å². The lowest BCUT2D eigenvalue weighted by molar-refractivity contribution is 0.0695. The molecule has 3 heterocycles. The molecule has 1 aliphatic heterocycles. The number of rotatable bonds is 2. The number of amides is 1. The van der Waals surface area contributed by atoms with Crippen molar-refractivity contribution in [3.8, 4) is 0 Å². The van der Waals surface area contributed by atoms with Crippen LogP contribution in [0.4, 0.5) is 0 Å². The first-order valence-corrected chi connectivity index (χ1v) is 8.69. The number of hydrogen-bond donors (Lipinski definition) is 0. The van der Waals surface area contributed by atoms with Gasteiger partial charge in [0, 0.05) is 27.9 Å². The molecule has 1 saturated heterocycles. The predicted molar refractivity (Wildman–Crippen MR) is 83.6 cm³/mol. The number of nitrogens with zero attached hydrogens (tertiary/aromatic N) is 1. The zero-order valence-electron chi connectivity index (χ0n) is 10.8. The van der Waals surface area contributed by atoms with Crippen LogP contribution in [-0.2, 0) is 0 Å². The van der Waals surface area contributed by atoms with Crippen molar-refractivity contribution >= 4 is 49.6 Å². The van der Waals surface area contributed by atoms with Crippen molar-refractivity contribution in [2.24, 2.45) is 5.92 Å². The molecule has 19 heavy (non-hydrogen) atoms. The molecule has 1 fully saturated rings. The minimum atomic E-state index is 0.189. The Labute approximate surface area is 126 Å². The van der Waals surface area contributed by atoms with Gasteiger partial charge in [-0.2, -0.15) is 0 Å². The number of carbonyl (C=O) groups is 1. The van der Waals surface area contributed by atoms with Gasteiger partial charge in [0.15, 0.2) is 0 Å². The second-order valence-electron chi connectivity index (χ2n) is 5.07. The molecule has 1 aliphatic rings. The van der Waals surface area contributed by atoms with Crippen molar-refractivity contribution in [2.45, 2.75) is 25.1 Å². The van der Waals surface area contributed by atoms with Gasteiger partial charge < -0.3 is 4.90 Å². The molecule has 0 N–H and O–H groups in total. The summed E-state index contributed by atoms with van der Waals surface area (Å²) in [6.45, 7) is 3.73. The number of alkyl halides is 1. The minimum Gasteiger partial charge on any atom is -0.338 e. The first-order valence-electron chi connectivity index (χ1n) is 6.55. The Kier molecular flexibility index (Phi) is 3.83. The number of halogens is 1. The van der Waals surface area contributed by atoms with Gasteiger partial charge in [-0.3, -0.25) is 4.79 Å². The average Bonchev–Trinajstić information content (AvgIpc) is 2.98. The average molecular weight is 314 g/mol. The van der Waals surface area contributed by atoms with Crippen LogP contribution in [0.5, 0.6) is 0 Å². The van der Waals surface area contributed by atoms with Crippen LogP contribution >= 0.6 is 34.3 Å². The van der Waals surface area contributed by atoms with E-state index < -0.39 is 0 Å². The van der Waals surface area contributed by atoms with Crippen molar-refractivity contribution < 1.29 is 4.79 Å². The van der Waals surface area contributed by atoms with Crippen LogP contribution in [0, 0.1) is 5.92 Å². The molecule has 102 valence electrons. The quantitative estimate of drug-likeness (QED) is 0.750. The summed E-state index contributed by atoms with van der Waals surface area (Å²) in [6, 6.07) is 4.12. The second-order valence-corrected chi connectivity index (χ2v) is 7.79. The summed E-state index contributed by atoms with van der Waals surface area (Å²) in [5, 5.41) is 2.28. The summed E-state index contributed by atoms with van der Waals surface area (Å²) in [5.41, 5.74) is 0. The van der Waals surface area contributed by atoms with Gasteiger partial charge in [-0.1, -0.05) is 0 Å². The van der Waals surface area contributed by atoms with E-state index in [-0.39, 0.29) is 11.3 Å². The van der Waals surface area contributed by atoms with E-state index in [1.54, 1.807) is 22.7 Å². The van der Waals surface area contributed by atoms with E-state index in [1.165, 1.54) is 9.40 Å². The van der Waals surface area contributed by atoms with Gasteiger partial charge in [0.2, 0.25) is 0 Å². The van der Waals surface area contributed by atoms with Crippen LogP contribution in [0.15, 0.2) is 17.5 Å². The third kappa shape index (κ3) is 2.67. The molecule has 1 unspecified atom stereocenters. The molecule has 1 atom stereocenters. The van der Waals surface area contributed by atoms with Crippen molar-refractivity contribution in [1.82, 2.24) is 4.90 Å². The lowest BCUT2D eigenvalue weighted by Crippen LogP contribution is -2.39. The van der Waals surface area contributed by atoms with Crippen molar-refractivity contribution in [3.05, 3.63) is 22.4 Å². The number of fused-ring (bicyclic) bond motifs is 1. The van der Waals surface area contributed by atoms with Gasteiger partial charge in [-0.15, -0.1) is 34.3 Å². The zero-order valence-corrected chi connectivity index (χ0v) is 13.2. The predicted octanol–water partition coefficient (Wildman–Crippen LogP) is 4.44. The molecule has 2 aromatic rings. The van der Waals surface area contributed by atoms with Gasteiger partial charge >= 0.3 is 0 Å². The van der Waals surface area contributed by atoms with E-state index in [0.29, 0.717) is 5.92 Å². The fourth-order valence-electron chi connectivity index (χ4n) is 2.59. The molecule has 0 radical (unpaired) electrons. The molecule has 1 amide bonds. The van der Waals surface area contributed by atoms with Crippen LogP contribution < -0.4 is 0 Å². The van der Waals surface area contributed by atoms with Gasteiger partial charge in [0.25, 0.3) is 5.91 Å². The van der Waals surface area contributed by atoms with Gasteiger partial charge in [0.05, 0.1) is 4.88 Å². The van der Waals surface area contributed by atoms with Crippen molar-refractivity contribution in [3.63, 3.8) is 0 Å². The molecule has 0 bridgehead atoms. The monoisotopic (exact) mass is 313 g/mol. The highest BCUT2D eigenvalue weighted by Gasteiger charge is 2.26. The van der Waals surface area contributed by atoms with Crippen LogP contribution in [0.1, 0.15) is 29.4 Å². The summed E-state index contributed by atoms with van der Waals surface area (Å²) >= 11 is 9.44. The number of carbonyl (C=O) groups excluding carboxylic acids is 1. The van der Waals surface area contributed by atoms with E-state index in [9.17, 15) is 4.79 Å². The molecule has 0 spiro atoms. The topological polar surface area (TPSA) is 20.3 Å². The Morgan fingerprint density at radius 3 is 2.79 bits per heavy atom. The van der Waals surface area contributed by atoms with Gasteiger partial charge in [0.1, 0.15) is 0 Å². The molecular formula is C14H16ClNOS2. The van der Waals surface area contributed by atoms with Crippen molar-refractivity contribution in [2.75, 3.05) is 13.1 Å². The maximum Gasteiger partial charge on any atom is 0.263 e. The third-order valence-electron chi connectivity index (χ3n) is 3.83. The zero-order chi connectivity index (χ0) is 13.4. The summed E-state index contributed by atoms with van der Waals surface area (Å²) in [5.74, 6) is 0.742. The van der Waals surface area contributed by atoms with Crippen LogP contribution in [-0.4, -0.2) is 29.3 Å². The van der Waals surface area contributed by atoms with Crippen LogP contribution in [0.2, 0.25) is 0 Å². The molecule has 3 rings (SSSR count). The Hall–Kier alpha value is -0.580. The summed E-state index contributed by atoms with van der Waals surface area (Å²) in [4.78, 5) is 15.3. The lowest BCUT2D eigenvalue weighted by Gasteiger charge is -2.32. The highest BCUT2D eigenvalue weighted by Crippen LogP contribution is 2.32. The summed E-state index contributed by atoms with van der Waals surface area (Å²) in [7, 11) is 0. The first kappa shape index (κ1) is 13.4. The maximum absolute atomic E-state index is 12.5. The van der Waals surface area contributed by atoms with E-state index in [1.807, 2.05) is 11.0 Å². The van der Waals surface area contributed by atoms with E-state index in [4.69, 9.17) is 11.6 Å². The largest absolute Gasteiger partial charge is 0.338 e. The summed E-state index contributed by atoms with van der Waals surface area (Å²) in [6.07, 6.45) is 2.05. The molecule has 2 nitrogen and oxygen atoms in total. The molecule has 0 saturated carbocycles. The SMILES string of the molecule is CC(Cl)C1CCN(C(=O)c2cc3sccc3s2)CC1. The normalized spacial score (nSPS) is 18.9. The van der Waals surface area contributed by atoms with Gasteiger partial charge in [-0.05, 0) is 43.2 Å². The Morgan fingerprint density at radius 2 is 2.16 bits per heavy atom. The number of thiophene rings is 2. The van der Waals surface area contributed by atoms with Crippen LogP contribution in [0.25, 0.3) is 9.40 Å². The van der Waals surface area contributed by atoms with Crippen LogP contribution in [0.3, 0.4) is 0 Å². The fraction of sp³-hybridized carbons (Fsp3) is 0.500. The first-order chi connectivity index (χ1) is 9.15. The van der Waals surface area contributed by atoms with E-state index >= 15 is 0 Å². The summed E-state index contributed by atoms with van der Waals surface area (Å²) < 4.78 is 2.44. The molecule has 0 aromatic carbocycles. The third-order valence-corrected chi connectivity index (χ3v) is 6.26. The fourth-order valence-corrected chi connectivity index (χ4v) is 4.92. The molecule has 2 aromatic heterocycles. The molecular weight excluding hydrogens is 298 g/mol.